The molecule has 0 fully saturated rings. The van der Waals surface area contributed by atoms with Gasteiger partial charge in [-0.15, -0.1) is 0 Å². The number of aliphatic imine (C=N–C) groups is 1. The van der Waals surface area contributed by atoms with Crippen LogP contribution in [-0.4, -0.2) is 17.2 Å². The second-order valence-corrected chi connectivity index (χ2v) is 2.71. The minimum Gasteiger partial charge on any atom is -0.326 e. The summed E-state index contributed by atoms with van der Waals surface area (Å²) >= 11 is 0. The highest BCUT2D eigenvalue weighted by Crippen LogP contribution is 2.32. The lowest BCUT2D eigenvalue weighted by Gasteiger charge is -2.40. The zero-order valence-electron chi connectivity index (χ0n) is 6.20. The summed E-state index contributed by atoms with van der Waals surface area (Å²) in [5, 5.41) is 0. The van der Waals surface area contributed by atoms with Gasteiger partial charge in [0.2, 0.25) is 0 Å². The fraction of sp³-hybridized carbons (Fsp3) is 0.375. The standard InChI is InChI=1S/C8H10N2/c1-6-7(2)10-5-3-4-9-8(6)10/h3-5,7H,1-2H3. The van der Waals surface area contributed by atoms with E-state index in [-0.39, 0.29) is 0 Å². The summed E-state index contributed by atoms with van der Waals surface area (Å²) in [5.74, 6) is 1.13. The Balaban J connectivity index is 2.40. The summed E-state index contributed by atoms with van der Waals surface area (Å²) < 4.78 is 0. The van der Waals surface area contributed by atoms with Crippen molar-refractivity contribution in [2.24, 2.45) is 4.99 Å². The molecule has 0 saturated heterocycles. The number of hydrogen-bond donors (Lipinski definition) is 0. The van der Waals surface area contributed by atoms with Crippen LogP contribution in [0.2, 0.25) is 0 Å². The Morgan fingerprint density at radius 1 is 1.60 bits per heavy atom. The van der Waals surface area contributed by atoms with Crippen molar-refractivity contribution in [1.82, 2.24) is 4.90 Å². The maximum Gasteiger partial charge on any atom is 0.133 e. The molecule has 1 unspecified atom stereocenters. The molecule has 0 spiro atoms. The van der Waals surface area contributed by atoms with Crippen LogP contribution in [0.1, 0.15) is 13.8 Å². The Morgan fingerprint density at radius 2 is 2.40 bits per heavy atom. The first-order valence-corrected chi connectivity index (χ1v) is 3.50. The molecule has 0 aliphatic carbocycles. The van der Waals surface area contributed by atoms with E-state index in [0.717, 1.165) is 5.82 Å². The second-order valence-electron chi connectivity index (χ2n) is 2.71. The average molecular weight is 134 g/mol. The lowest BCUT2D eigenvalue weighted by atomic mass is 10.0. The molecule has 2 aliphatic rings. The predicted octanol–water partition coefficient (Wildman–Crippen LogP) is 1.52. The van der Waals surface area contributed by atoms with Crippen molar-refractivity contribution >= 4 is 6.21 Å². The Labute approximate surface area is 60.6 Å². The number of fused-ring (bicyclic) bond motifs is 1. The van der Waals surface area contributed by atoms with Gasteiger partial charge in [0.05, 0.1) is 6.04 Å². The Bertz CT molecular complexity index is 248. The summed E-state index contributed by atoms with van der Waals surface area (Å²) in [6, 6.07) is 0.559. The summed E-state index contributed by atoms with van der Waals surface area (Å²) in [4.78, 5) is 6.40. The fourth-order valence-electron chi connectivity index (χ4n) is 1.33. The van der Waals surface area contributed by atoms with Crippen LogP contribution in [0.3, 0.4) is 0 Å². The van der Waals surface area contributed by atoms with Crippen molar-refractivity contribution in [3.05, 3.63) is 23.7 Å². The molecule has 2 nitrogen and oxygen atoms in total. The second kappa shape index (κ2) is 1.72. The number of rotatable bonds is 0. The molecule has 0 saturated carbocycles. The van der Waals surface area contributed by atoms with Crippen molar-refractivity contribution < 1.29 is 0 Å². The van der Waals surface area contributed by atoms with Gasteiger partial charge in [0.15, 0.2) is 0 Å². The first kappa shape index (κ1) is 5.71. The molecule has 0 aromatic heterocycles. The third kappa shape index (κ3) is 0.511. The van der Waals surface area contributed by atoms with E-state index in [1.165, 1.54) is 5.57 Å². The van der Waals surface area contributed by atoms with Crippen LogP contribution in [-0.2, 0) is 0 Å². The van der Waals surface area contributed by atoms with Gasteiger partial charge in [-0.2, -0.15) is 0 Å². The van der Waals surface area contributed by atoms with Crippen molar-refractivity contribution in [3.63, 3.8) is 0 Å². The van der Waals surface area contributed by atoms with Gasteiger partial charge in [0, 0.05) is 12.4 Å². The highest BCUT2D eigenvalue weighted by molar-refractivity contribution is 5.74. The monoisotopic (exact) mass is 134 g/mol. The molecular weight excluding hydrogens is 124 g/mol. The molecule has 10 heavy (non-hydrogen) atoms. The van der Waals surface area contributed by atoms with Crippen molar-refractivity contribution in [3.8, 4) is 0 Å². The molecule has 0 aromatic carbocycles. The minimum absolute atomic E-state index is 0.559. The number of hydrogen-bond acceptors (Lipinski definition) is 2. The van der Waals surface area contributed by atoms with Crippen LogP contribution in [0.5, 0.6) is 0 Å². The van der Waals surface area contributed by atoms with Crippen molar-refractivity contribution in [1.29, 1.82) is 0 Å². The zero-order valence-corrected chi connectivity index (χ0v) is 6.20. The molecule has 0 amide bonds. The topological polar surface area (TPSA) is 15.6 Å². The fourth-order valence-corrected chi connectivity index (χ4v) is 1.33. The molecular formula is C8H10N2. The Hall–Kier alpha value is -1.05. The zero-order chi connectivity index (χ0) is 7.14. The summed E-state index contributed by atoms with van der Waals surface area (Å²) in [7, 11) is 0. The number of allylic oxidation sites excluding steroid dienone is 1. The van der Waals surface area contributed by atoms with Gasteiger partial charge in [0.25, 0.3) is 0 Å². The summed E-state index contributed by atoms with van der Waals surface area (Å²) in [5.41, 5.74) is 1.39. The Kier molecular flexibility index (Phi) is 0.982. The first-order valence-electron chi connectivity index (χ1n) is 3.50. The van der Waals surface area contributed by atoms with E-state index in [9.17, 15) is 0 Å². The lowest BCUT2D eigenvalue weighted by Crippen LogP contribution is -2.39. The van der Waals surface area contributed by atoms with E-state index < -0.39 is 0 Å². The molecule has 2 rings (SSSR count). The highest BCUT2D eigenvalue weighted by Gasteiger charge is 2.29. The average Bonchev–Trinajstić information content (AvgIpc) is 2.03. The molecule has 0 bridgehead atoms. The smallest absolute Gasteiger partial charge is 0.133 e. The Morgan fingerprint density at radius 3 is 3.10 bits per heavy atom. The van der Waals surface area contributed by atoms with E-state index >= 15 is 0 Å². The van der Waals surface area contributed by atoms with Crippen LogP contribution >= 0.6 is 0 Å². The molecule has 52 valence electrons. The lowest BCUT2D eigenvalue weighted by molar-refractivity contribution is 0.323. The summed E-state index contributed by atoms with van der Waals surface area (Å²) in [6.07, 6.45) is 5.87. The SMILES string of the molecule is CC1=C2N=CC=CN2C1C. The van der Waals surface area contributed by atoms with E-state index in [4.69, 9.17) is 0 Å². The largest absolute Gasteiger partial charge is 0.326 e. The van der Waals surface area contributed by atoms with Gasteiger partial charge in [-0.1, -0.05) is 0 Å². The van der Waals surface area contributed by atoms with Crippen molar-refractivity contribution in [2.75, 3.05) is 0 Å². The maximum atomic E-state index is 4.22. The van der Waals surface area contributed by atoms with Gasteiger partial charge in [-0.25, -0.2) is 4.99 Å². The van der Waals surface area contributed by atoms with Crippen LogP contribution in [0.25, 0.3) is 0 Å². The van der Waals surface area contributed by atoms with E-state index in [1.807, 2.05) is 12.3 Å². The highest BCUT2D eigenvalue weighted by atomic mass is 15.3. The molecule has 1 atom stereocenters. The van der Waals surface area contributed by atoms with Crippen LogP contribution in [0.4, 0.5) is 0 Å². The van der Waals surface area contributed by atoms with Gasteiger partial charge in [-0.3, -0.25) is 0 Å². The molecule has 0 N–H and O–H groups in total. The summed E-state index contributed by atoms with van der Waals surface area (Å²) in [6.45, 7) is 4.32. The molecule has 0 aromatic rings. The third-order valence-electron chi connectivity index (χ3n) is 2.17. The first-order chi connectivity index (χ1) is 4.80. The van der Waals surface area contributed by atoms with Crippen LogP contribution in [0.15, 0.2) is 28.7 Å². The molecule has 2 heteroatoms. The molecule has 2 heterocycles. The van der Waals surface area contributed by atoms with E-state index in [2.05, 4.69) is 29.9 Å². The van der Waals surface area contributed by atoms with Gasteiger partial charge in [-0.05, 0) is 25.5 Å². The normalized spacial score (nSPS) is 28.6. The predicted molar refractivity (Wildman–Crippen MR) is 41.6 cm³/mol. The van der Waals surface area contributed by atoms with Gasteiger partial charge < -0.3 is 4.90 Å². The quantitative estimate of drug-likeness (QED) is 0.490. The van der Waals surface area contributed by atoms with E-state index in [0.29, 0.717) is 6.04 Å². The van der Waals surface area contributed by atoms with Crippen LogP contribution < -0.4 is 0 Å². The minimum atomic E-state index is 0.559. The van der Waals surface area contributed by atoms with Crippen LogP contribution in [0, 0.1) is 0 Å². The number of nitrogens with zero attached hydrogens (tertiary/aromatic N) is 2. The molecule has 0 radical (unpaired) electrons. The van der Waals surface area contributed by atoms with Crippen molar-refractivity contribution in [2.45, 2.75) is 19.9 Å². The molecule has 2 aliphatic heterocycles. The van der Waals surface area contributed by atoms with Gasteiger partial charge in [0.1, 0.15) is 5.82 Å². The van der Waals surface area contributed by atoms with E-state index in [1.54, 1.807) is 0 Å². The maximum absolute atomic E-state index is 4.22. The third-order valence-corrected chi connectivity index (χ3v) is 2.17. The van der Waals surface area contributed by atoms with Gasteiger partial charge >= 0.3 is 0 Å².